The van der Waals surface area contributed by atoms with E-state index in [4.69, 9.17) is 5.73 Å². The van der Waals surface area contributed by atoms with Crippen LogP contribution in [0.2, 0.25) is 0 Å². The molecule has 1 amide bonds. The fourth-order valence-corrected chi connectivity index (χ4v) is 1.17. The third-order valence-corrected chi connectivity index (χ3v) is 1.86. The summed E-state index contributed by atoms with van der Waals surface area (Å²) < 4.78 is 0. The standard InChI is InChI=1S/C10H14N2O/c11-10(13)6-2-1-4-9-5-3-7-12-8-9/h3,5,7-8H,1-2,4,6H2,(H2,11,13). The third-order valence-electron chi connectivity index (χ3n) is 1.86. The molecule has 0 spiro atoms. The van der Waals surface area contributed by atoms with Crippen LogP contribution in [0.25, 0.3) is 0 Å². The average molecular weight is 178 g/mol. The second-order valence-electron chi connectivity index (χ2n) is 3.03. The lowest BCUT2D eigenvalue weighted by molar-refractivity contribution is -0.118. The Kier molecular flexibility index (Phi) is 3.96. The van der Waals surface area contributed by atoms with E-state index in [9.17, 15) is 4.79 Å². The number of hydrogen-bond acceptors (Lipinski definition) is 2. The predicted octanol–water partition coefficient (Wildman–Crippen LogP) is 1.28. The minimum Gasteiger partial charge on any atom is -0.370 e. The molecule has 3 heteroatoms. The van der Waals surface area contributed by atoms with Crippen molar-refractivity contribution in [3.8, 4) is 0 Å². The molecule has 0 aliphatic heterocycles. The summed E-state index contributed by atoms with van der Waals surface area (Å²) in [6.07, 6.45) is 6.93. The Balaban J connectivity index is 2.17. The molecule has 0 radical (unpaired) electrons. The number of nitrogens with two attached hydrogens (primary N) is 1. The van der Waals surface area contributed by atoms with Gasteiger partial charge in [0.1, 0.15) is 0 Å². The zero-order valence-electron chi connectivity index (χ0n) is 7.57. The number of nitrogens with zero attached hydrogens (tertiary/aromatic N) is 1. The molecule has 1 rings (SSSR count). The molecule has 0 aromatic carbocycles. The highest BCUT2D eigenvalue weighted by Crippen LogP contribution is 2.04. The Morgan fingerprint density at radius 1 is 1.46 bits per heavy atom. The molecule has 0 unspecified atom stereocenters. The van der Waals surface area contributed by atoms with Crippen molar-refractivity contribution >= 4 is 5.91 Å². The number of aromatic nitrogens is 1. The summed E-state index contributed by atoms with van der Waals surface area (Å²) in [5, 5.41) is 0. The first-order chi connectivity index (χ1) is 6.29. The molecule has 0 saturated heterocycles. The van der Waals surface area contributed by atoms with Gasteiger partial charge in [-0.1, -0.05) is 6.07 Å². The van der Waals surface area contributed by atoms with Crippen molar-refractivity contribution in [3.05, 3.63) is 30.1 Å². The van der Waals surface area contributed by atoms with Gasteiger partial charge in [0.15, 0.2) is 0 Å². The van der Waals surface area contributed by atoms with E-state index in [1.165, 1.54) is 5.56 Å². The van der Waals surface area contributed by atoms with Gasteiger partial charge >= 0.3 is 0 Å². The van der Waals surface area contributed by atoms with Gasteiger partial charge in [-0.2, -0.15) is 0 Å². The van der Waals surface area contributed by atoms with E-state index in [1.807, 2.05) is 18.3 Å². The van der Waals surface area contributed by atoms with Gasteiger partial charge < -0.3 is 5.73 Å². The summed E-state index contributed by atoms with van der Waals surface area (Å²) in [5.74, 6) is -0.216. The van der Waals surface area contributed by atoms with Crippen LogP contribution in [0.1, 0.15) is 24.8 Å². The van der Waals surface area contributed by atoms with Crippen molar-refractivity contribution in [1.82, 2.24) is 4.98 Å². The van der Waals surface area contributed by atoms with Gasteiger partial charge in [0, 0.05) is 18.8 Å². The largest absolute Gasteiger partial charge is 0.370 e. The summed E-state index contributed by atoms with van der Waals surface area (Å²) in [4.78, 5) is 14.4. The van der Waals surface area contributed by atoms with Gasteiger partial charge in [-0.25, -0.2) is 0 Å². The lowest BCUT2D eigenvalue weighted by Crippen LogP contribution is -2.09. The highest BCUT2D eigenvalue weighted by molar-refractivity contribution is 5.73. The van der Waals surface area contributed by atoms with E-state index in [2.05, 4.69) is 4.98 Å². The van der Waals surface area contributed by atoms with Gasteiger partial charge in [-0.15, -0.1) is 0 Å². The van der Waals surface area contributed by atoms with E-state index in [-0.39, 0.29) is 5.91 Å². The SMILES string of the molecule is NC(=O)CCCCc1cccnc1. The van der Waals surface area contributed by atoms with Crippen molar-refractivity contribution in [2.24, 2.45) is 5.73 Å². The summed E-state index contributed by atoms with van der Waals surface area (Å²) >= 11 is 0. The highest BCUT2D eigenvalue weighted by atomic mass is 16.1. The number of primary amides is 1. The van der Waals surface area contributed by atoms with Crippen LogP contribution in [-0.4, -0.2) is 10.9 Å². The number of carbonyl (C=O) groups excluding carboxylic acids is 1. The molecule has 1 aromatic heterocycles. The molecule has 0 aliphatic rings. The summed E-state index contributed by atoms with van der Waals surface area (Å²) in [5.41, 5.74) is 6.24. The third kappa shape index (κ3) is 4.25. The maximum atomic E-state index is 10.4. The van der Waals surface area contributed by atoms with Gasteiger partial charge in [-0.05, 0) is 30.9 Å². The number of unbranched alkanes of at least 4 members (excludes halogenated alkanes) is 1. The van der Waals surface area contributed by atoms with Crippen LogP contribution in [0.5, 0.6) is 0 Å². The van der Waals surface area contributed by atoms with E-state index in [0.29, 0.717) is 6.42 Å². The molecule has 1 aromatic rings. The van der Waals surface area contributed by atoms with E-state index in [0.717, 1.165) is 19.3 Å². The van der Waals surface area contributed by atoms with Crippen LogP contribution in [0, 0.1) is 0 Å². The van der Waals surface area contributed by atoms with Crippen molar-refractivity contribution in [2.75, 3.05) is 0 Å². The molecule has 0 aliphatic carbocycles. The van der Waals surface area contributed by atoms with Gasteiger partial charge in [0.05, 0.1) is 0 Å². The number of hydrogen-bond donors (Lipinski definition) is 1. The summed E-state index contributed by atoms with van der Waals surface area (Å²) in [6, 6.07) is 3.96. The molecule has 70 valence electrons. The molecular formula is C10H14N2O. The first-order valence-corrected chi connectivity index (χ1v) is 4.46. The van der Waals surface area contributed by atoms with Gasteiger partial charge in [-0.3, -0.25) is 9.78 Å². The Bertz CT molecular complexity index is 259. The first kappa shape index (κ1) is 9.71. The monoisotopic (exact) mass is 178 g/mol. The smallest absolute Gasteiger partial charge is 0.217 e. The second kappa shape index (κ2) is 5.30. The number of aryl methyl sites for hydroxylation is 1. The average Bonchev–Trinajstić information content (AvgIpc) is 2.14. The fraction of sp³-hybridized carbons (Fsp3) is 0.400. The zero-order chi connectivity index (χ0) is 9.52. The van der Waals surface area contributed by atoms with Crippen LogP contribution >= 0.6 is 0 Å². The summed E-state index contributed by atoms with van der Waals surface area (Å²) in [6.45, 7) is 0. The maximum absolute atomic E-state index is 10.4. The molecule has 3 nitrogen and oxygen atoms in total. The number of rotatable bonds is 5. The van der Waals surface area contributed by atoms with Crippen LogP contribution in [-0.2, 0) is 11.2 Å². The highest BCUT2D eigenvalue weighted by Gasteiger charge is 1.95. The predicted molar refractivity (Wildman–Crippen MR) is 51.0 cm³/mol. The minimum atomic E-state index is -0.216. The molecular weight excluding hydrogens is 164 g/mol. The van der Waals surface area contributed by atoms with Crippen molar-refractivity contribution in [3.63, 3.8) is 0 Å². The van der Waals surface area contributed by atoms with Crippen molar-refractivity contribution in [2.45, 2.75) is 25.7 Å². The van der Waals surface area contributed by atoms with E-state index < -0.39 is 0 Å². The Morgan fingerprint density at radius 3 is 2.92 bits per heavy atom. The minimum absolute atomic E-state index is 0.216. The van der Waals surface area contributed by atoms with Crippen LogP contribution < -0.4 is 5.73 Å². The topological polar surface area (TPSA) is 56.0 Å². The fourth-order valence-electron chi connectivity index (χ4n) is 1.17. The first-order valence-electron chi connectivity index (χ1n) is 4.46. The molecule has 0 saturated carbocycles. The van der Waals surface area contributed by atoms with Crippen LogP contribution in [0.15, 0.2) is 24.5 Å². The normalized spacial score (nSPS) is 9.85. The van der Waals surface area contributed by atoms with Crippen LogP contribution in [0.4, 0.5) is 0 Å². The number of amides is 1. The number of pyridine rings is 1. The van der Waals surface area contributed by atoms with Crippen LogP contribution in [0.3, 0.4) is 0 Å². The molecule has 0 fully saturated rings. The molecule has 2 N–H and O–H groups in total. The number of carbonyl (C=O) groups is 1. The van der Waals surface area contributed by atoms with Gasteiger partial charge in [0.25, 0.3) is 0 Å². The van der Waals surface area contributed by atoms with E-state index in [1.54, 1.807) is 6.20 Å². The van der Waals surface area contributed by atoms with Gasteiger partial charge in [0.2, 0.25) is 5.91 Å². The second-order valence-corrected chi connectivity index (χ2v) is 3.03. The maximum Gasteiger partial charge on any atom is 0.217 e. The molecule has 1 heterocycles. The summed E-state index contributed by atoms with van der Waals surface area (Å²) in [7, 11) is 0. The van der Waals surface area contributed by atoms with Crippen molar-refractivity contribution in [1.29, 1.82) is 0 Å². The Morgan fingerprint density at radius 2 is 2.31 bits per heavy atom. The molecule has 0 bridgehead atoms. The van der Waals surface area contributed by atoms with Crippen molar-refractivity contribution < 1.29 is 4.79 Å². The Labute approximate surface area is 78.0 Å². The molecule has 13 heavy (non-hydrogen) atoms. The lowest BCUT2D eigenvalue weighted by atomic mass is 10.1. The lowest BCUT2D eigenvalue weighted by Gasteiger charge is -1.98. The zero-order valence-corrected chi connectivity index (χ0v) is 7.57. The quantitative estimate of drug-likeness (QED) is 0.690. The Hall–Kier alpha value is -1.38. The van der Waals surface area contributed by atoms with E-state index >= 15 is 0 Å². The molecule has 0 atom stereocenters.